The molecule has 2 heteroatoms. The van der Waals surface area contributed by atoms with Crippen molar-refractivity contribution >= 4 is 0 Å². The van der Waals surface area contributed by atoms with E-state index in [1.807, 2.05) is 0 Å². The first-order valence-corrected chi connectivity index (χ1v) is 15.9. The van der Waals surface area contributed by atoms with E-state index in [9.17, 15) is 0 Å². The summed E-state index contributed by atoms with van der Waals surface area (Å²) in [4.78, 5) is 0. The fraction of sp³-hybridized carbons (Fsp3) is 0.906. The van der Waals surface area contributed by atoms with E-state index in [4.69, 9.17) is 0 Å². The molecule has 0 amide bonds. The Hall–Kier alpha value is -0.790. The number of aryl methyl sites for hydroxylation is 2. The SMILES string of the molecule is CCCCCCCCCCCCCCn1cc[n+](CCC)c1CCCCCCCCCCCC. The summed E-state index contributed by atoms with van der Waals surface area (Å²) < 4.78 is 5.12. The Morgan fingerprint density at radius 3 is 1.35 bits per heavy atom. The predicted octanol–water partition coefficient (Wildman–Crippen LogP) is 10.4. The van der Waals surface area contributed by atoms with Crippen molar-refractivity contribution in [3.63, 3.8) is 0 Å². The average molecular weight is 476 g/mol. The molecule has 0 saturated carbocycles. The second-order valence-electron chi connectivity index (χ2n) is 10.9. The van der Waals surface area contributed by atoms with Crippen molar-refractivity contribution in [2.24, 2.45) is 0 Å². The molecule has 0 radical (unpaired) electrons. The van der Waals surface area contributed by atoms with Crippen molar-refractivity contribution in [2.75, 3.05) is 0 Å². The minimum absolute atomic E-state index is 1.18. The third-order valence-electron chi connectivity index (χ3n) is 7.56. The van der Waals surface area contributed by atoms with Crippen LogP contribution in [-0.2, 0) is 19.5 Å². The highest BCUT2D eigenvalue weighted by Crippen LogP contribution is 2.14. The Morgan fingerprint density at radius 2 is 0.912 bits per heavy atom. The number of hydrogen-bond donors (Lipinski definition) is 0. The zero-order chi connectivity index (χ0) is 24.5. The van der Waals surface area contributed by atoms with Gasteiger partial charge in [-0.05, 0) is 25.7 Å². The Labute approximate surface area is 215 Å². The molecule has 34 heavy (non-hydrogen) atoms. The van der Waals surface area contributed by atoms with Gasteiger partial charge < -0.3 is 0 Å². The predicted molar refractivity (Wildman–Crippen MR) is 152 cm³/mol. The number of nitrogens with zero attached hydrogens (tertiary/aromatic N) is 2. The van der Waals surface area contributed by atoms with Crippen molar-refractivity contribution in [1.82, 2.24) is 4.57 Å². The number of unbranched alkanes of at least 4 members (excludes halogenated alkanes) is 20. The number of aromatic nitrogens is 2. The molecular formula is C32H63N2+. The summed E-state index contributed by atoms with van der Waals surface area (Å²) in [5.74, 6) is 1.59. The van der Waals surface area contributed by atoms with Crippen LogP contribution in [0.3, 0.4) is 0 Å². The standard InChI is InChI=1S/C32H63N2/c1-4-7-9-11-13-15-17-18-20-22-24-26-29-34-31-30-33(28-6-3)32(34)27-25-23-21-19-16-14-12-10-8-5-2/h30-31H,4-29H2,1-3H3/q+1. The van der Waals surface area contributed by atoms with Crippen molar-refractivity contribution in [1.29, 1.82) is 0 Å². The fourth-order valence-corrected chi connectivity index (χ4v) is 5.33. The summed E-state index contributed by atoms with van der Waals surface area (Å²) in [6.07, 6.45) is 38.6. The van der Waals surface area contributed by atoms with Crippen LogP contribution >= 0.6 is 0 Å². The first-order valence-electron chi connectivity index (χ1n) is 15.9. The van der Waals surface area contributed by atoms with Crippen LogP contribution in [-0.4, -0.2) is 4.57 Å². The van der Waals surface area contributed by atoms with Crippen LogP contribution in [0.2, 0.25) is 0 Å². The molecule has 0 aliphatic rings. The molecule has 0 unspecified atom stereocenters. The molecule has 0 bridgehead atoms. The first kappa shape index (κ1) is 31.2. The van der Waals surface area contributed by atoms with Crippen LogP contribution < -0.4 is 4.57 Å². The third kappa shape index (κ3) is 16.8. The fourth-order valence-electron chi connectivity index (χ4n) is 5.33. The van der Waals surface area contributed by atoms with Gasteiger partial charge >= 0.3 is 0 Å². The number of imidazole rings is 1. The molecular weight excluding hydrogens is 412 g/mol. The van der Waals surface area contributed by atoms with Crippen LogP contribution in [0.25, 0.3) is 0 Å². The lowest BCUT2D eigenvalue weighted by Gasteiger charge is -2.06. The molecule has 1 aromatic rings. The molecule has 0 N–H and O–H groups in total. The van der Waals surface area contributed by atoms with E-state index in [1.54, 1.807) is 5.82 Å². The molecule has 0 aliphatic heterocycles. The summed E-state index contributed by atoms with van der Waals surface area (Å²) in [7, 11) is 0. The molecule has 0 atom stereocenters. The van der Waals surface area contributed by atoms with E-state index in [2.05, 4.69) is 42.3 Å². The molecule has 0 saturated heterocycles. The molecule has 1 heterocycles. The van der Waals surface area contributed by atoms with Gasteiger partial charge in [0.05, 0.1) is 13.1 Å². The van der Waals surface area contributed by atoms with Crippen LogP contribution in [0.15, 0.2) is 12.4 Å². The van der Waals surface area contributed by atoms with E-state index < -0.39 is 0 Å². The van der Waals surface area contributed by atoms with E-state index >= 15 is 0 Å². The van der Waals surface area contributed by atoms with Gasteiger partial charge in [-0.3, -0.25) is 0 Å². The van der Waals surface area contributed by atoms with Crippen molar-refractivity contribution in [3.05, 3.63) is 18.2 Å². The van der Waals surface area contributed by atoms with Gasteiger partial charge in [-0.15, -0.1) is 0 Å². The van der Waals surface area contributed by atoms with Crippen molar-refractivity contribution in [2.45, 2.75) is 188 Å². The Morgan fingerprint density at radius 1 is 0.500 bits per heavy atom. The number of hydrogen-bond acceptors (Lipinski definition) is 0. The van der Waals surface area contributed by atoms with Gasteiger partial charge in [0.15, 0.2) is 0 Å². The zero-order valence-corrected chi connectivity index (χ0v) is 23.9. The monoisotopic (exact) mass is 475 g/mol. The molecule has 0 aliphatic carbocycles. The van der Waals surface area contributed by atoms with Gasteiger partial charge in [-0.2, -0.15) is 0 Å². The van der Waals surface area contributed by atoms with E-state index in [-0.39, 0.29) is 0 Å². The topological polar surface area (TPSA) is 8.81 Å². The summed E-state index contributed by atoms with van der Waals surface area (Å²) in [5, 5.41) is 0. The molecule has 1 rings (SSSR count). The third-order valence-corrected chi connectivity index (χ3v) is 7.56. The molecule has 0 spiro atoms. The highest BCUT2D eigenvalue weighted by Gasteiger charge is 2.15. The average Bonchev–Trinajstić information content (AvgIpc) is 3.22. The number of rotatable bonds is 26. The second-order valence-corrected chi connectivity index (χ2v) is 10.9. The van der Waals surface area contributed by atoms with Crippen LogP contribution in [0.4, 0.5) is 0 Å². The smallest absolute Gasteiger partial charge is 0.234 e. The maximum Gasteiger partial charge on any atom is 0.256 e. The van der Waals surface area contributed by atoms with Crippen LogP contribution in [0.1, 0.15) is 174 Å². The van der Waals surface area contributed by atoms with Gasteiger partial charge in [0.1, 0.15) is 12.4 Å². The Bertz CT molecular complexity index is 533. The molecule has 1 aromatic heterocycles. The quantitative estimate of drug-likeness (QED) is 0.0930. The second kappa shape index (κ2) is 23.9. The van der Waals surface area contributed by atoms with Gasteiger partial charge in [-0.1, -0.05) is 143 Å². The highest BCUT2D eigenvalue weighted by atomic mass is 15.1. The zero-order valence-electron chi connectivity index (χ0n) is 23.9. The van der Waals surface area contributed by atoms with Crippen molar-refractivity contribution < 1.29 is 4.57 Å². The van der Waals surface area contributed by atoms with Gasteiger partial charge in [-0.25, -0.2) is 9.13 Å². The minimum Gasteiger partial charge on any atom is -0.234 e. The lowest BCUT2D eigenvalue weighted by Crippen LogP contribution is -2.37. The van der Waals surface area contributed by atoms with Gasteiger partial charge in [0.2, 0.25) is 0 Å². The minimum atomic E-state index is 1.18. The highest BCUT2D eigenvalue weighted by molar-refractivity contribution is 4.84. The van der Waals surface area contributed by atoms with Crippen molar-refractivity contribution in [3.8, 4) is 0 Å². The van der Waals surface area contributed by atoms with Crippen LogP contribution in [0, 0.1) is 0 Å². The summed E-state index contributed by atoms with van der Waals surface area (Å²) in [6, 6.07) is 0. The van der Waals surface area contributed by atoms with E-state index in [1.165, 1.54) is 167 Å². The van der Waals surface area contributed by atoms with Gasteiger partial charge in [0, 0.05) is 6.42 Å². The van der Waals surface area contributed by atoms with E-state index in [0.717, 1.165) is 0 Å². The largest absolute Gasteiger partial charge is 0.256 e. The van der Waals surface area contributed by atoms with Gasteiger partial charge in [0.25, 0.3) is 5.82 Å². The molecule has 200 valence electrons. The first-order chi connectivity index (χ1) is 16.8. The Balaban J connectivity index is 2.12. The molecule has 0 aromatic carbocycles. The summed E-state index contributed by atoms with van der Waals surface area (Å²) >= 11 is 0. The Kier molecular flexibility index (Phi) is 22.0. The summed E-state index contributed by atoms with van der Waals surface area (Å²) in [5.41, 5.74) is 0. The summed E-state index contributed by atoms with van der Waals surface area (Å²) in [6.45, 7) is 9.32. The molecule has 0 fully saturated rings. The maximum absolute atomic E-state index is 2.58. The maximum atomic E-state index is 2.58. The normalized spacial score (nSPS) is 11.5. The molecule has 2 nitrogen and oxygen atoms in total. The van der Waals surface area contributed by atoms with E-state index in [0.29, 0.717) is 0 Å². The lowest BCUT2D eigenvalue weighted by atomic mass is 10.1. The lowest BCUT2D eigenvalue weighted by molar-refractivity contribution is -0.703. The van der Waals surface area contributed by atoms with Crippen LogP contribution in [0.5, 0.6) is 0 Å².